The van der Waals surface area contributed by atoms with Crippen LogP contribution in [0.15, 0.2) is 34.3 Å². The Labute approximate surface area is 165 Å². The second-order valence-electron chi connectivity index (χ2n) is 5.99. The van der Waals surface area contributed by atoms with Gasteiger partial charge in [0.25, 0.3) is 5.84 Å². The summed E-state index contributed by atoms with van der Waals surface area (Å²) in [7, 11) is 2.97. The van der Waals surface area contributed by atoms with Gasteiger partial charge in [-0.15, -0.1) is 0 Å². The van der Waals surface area contributed by atoms with Gasteiger partial charge in [-0.2, -0.15) is 9.48 Å². The molecule has 2 heterocycles. The molecule has 0 spiro atoms. The van der Waals surface area contributed by atoms with Gasteiger partial charge in [-0.05, 0) is 18.2 Å². The van der Waals surface area contributed by atoms with Crippen molar-refractivity contribution >= 4 is 63.6 Å². The molecule has 2 aliphatic heterocycles. The average molecular weight is 407 g/mol. The molecular weight excluding hydrogens is 390 g/mol. The molecule has 0 aromatic heterocycles. The van der Waals surface area contributed by atoms with E-state index >= 15 is 0 Å². The molecular formula is C17H17ClN5O3S+. The van der Waals surface area contributed by atoms with E-state index in [0.717, 1.165) is 16.7 Å². The molecule has 1 aromatic carbocycles. The van der Waals surface area contributed by atoms with Crippen molar-refractivity contribution < 1.29 is 19.0 Å². The van der Waals surface area contributed by atoms with Crippen molar-refractivity contribution in [3.05, 3.63) is 29.3 Å². The molecule has 3 rings (SSSR count). The van der Waals surface area contributed by atoms with Crippen molar-refractivity contribution in [3.8, 4) is 0 Å². The van der Waals surface area contributed by atoms with E-state index in [1.165, 1.54) is 11.6 Å². The van der Waals surface area contributed by atoms with E-state index in [-0.39, 0.29) is 11.7 Å². The molecule has 140 valence electrons. The highest BCUT2D eigenvalue weighted by Crippen LogP contribution is 2.25. The lowest BCUT2D eigenvalue weighted by molar-refractivity contribution is -0.407. The summed E-state index contributed by atoms with van der Waals surface area (Å²) in [5.74, 6) is -0.648. The number of imide groups is 1. The van der Waals surface area contributed by atoms with Gasteiger partial charge in [-0.3, -0.25) is 9.59 Å². The quantitative estimate of drug-likeness (QED) is 0.777. The van der Waals surface area contributed by atoms with Crippen LogP contribution in [-0.2, 0) is 9.59 Å². The van der Waals surface area contributed by atoms with Gasteiger partial charge in [0.05, 0.1) is 19.8 Å². The van der Waals surface area contributed by atoms with Gasteiger partial charge >= 0.3 is 11.9 Å². The fraction of sp³-hybridized carbons (Fsp3) is 0.294. The van der Waals surface area contributed by atoms with Crippen molar-refractivity contribution in [1.29, 1.82) is 0 Å². The van der Waals surface area contributed by atoms with Crippen LogP contribution in [0.4, 0.5) is 10.5 Å². The molecule has 1 aromatic rings. The number of hydrogen-bond donors (Lipinski definition) is 1. The highest BCUT2D eigenvalue weighted by atomic mass is 35.5. The molecule has 10 heteroatoms. The Hall–Kier alpha value is -2.52. The third-order valence-corrected chi connectivity index (χ3v) is 5.27. The number of urea groups is 1. The smallest absolute Gasteiger partial charge is 0.325 e. The van der Waals surface area contributed by atoms with Crippen LogP contribution < -0.4 is 5.32 Å². The molecule has 0 saturated heterocycles. The summed E-state index contributed by atoms with van der Waals surface area (Å²) in [6.07, 6.45) is 0. The highest BCUT2D eigenvalue weighted by molar-refractivity contribution is 8.14. The predicted molar refractivity (Wildman–Crippen MR) is 106 cm³/mol. The number of fused-ring (bicyclic) bond motifs is 1. The van der Waals surface area contributed by atoms with Crippen LogP contribution in [-0.4, -0.2) is 63.9 Å². The average Bonchev–Trinajstić information content (AvgIpc) is 2.62. The Balaban J connectivity index is 1.76. The maximum atomic E-state index is 12.6. The van der Waals surface area contributed by atoms with E-state index in [9.17, 15) is 14.4 Å². The maximum Gasteiger partial charge on any atom is 0.445 e. The lowest BCUT2D eigenvalue weighted by Gasteiger charge is -2.26. The number of nitrogens with zero attached hydrogens (tertiary/aromatic N) is 4. The summed E-state index contributed by atoms with van der Waals surface area (Å²) in [6, 6.07) is 6.37. The molecule has 0 radical (unpaired) electrons. The van der Waals surface area contributed by atoms with Crippen molar-refractivity contribution in [3.63, 3.8) is 0 Å². The summed E-state index contributed by atoms with van der Waals surface area (Å²) in [4.78, 5) is 46.6. The van der Waals surface area contributed by atoms with Crippen LogP contribution in [0.3, 0.4) is 0 Å². The van der Waals surface area contributed by atoms with Crippen molar-refractivity contribution in [2.75, 3.05) is 25.2 Å². The summed E-state index contributed by atoms with van der Waals surface area (Å²) in [5, 5.41) is 3.71. The Morgan fingerprint density at radius 3 is 2.81 bits per heavy atom. The minimum atomic E-state index is -0.787. The van der Waals surface area contributed by atoms with Crippen molar-refractivity contribution in [2.45, 2.75) is 6.92 Å². The van der Waals surface area contributed by atoms with Crippen LogP contribution >= 0.6 is 23.4 Å². The summed E-state index contributed by atoms with van der Waals surface area (Å²) in [6.45, 7) is 1.68. The first-order valence-electron chi connectivity index (χ1n) is 8.02. The molecule has 0 aliphatic carbocycles. The zero-order valence-electron chi connectivity index (χ0n) is 14.9. The maximum absolute atomic E-state index is 12.6. The largest absolute Gasteiger partial charge is 0.445 e. The molecule has 4 amide bonds. The van der Waals surface area contributed by atoms with Crippen LogP contribution in [0.5, 0.6) is 0 Å². The molecule has 8 nitrogen and oxygen atoms in total. The molecule has 2 aliphatic rings. The minimum Gasteiger partial charge on any atom is -0.325 e. The zero-order valence-corrected chi connectivity index (χ0v) is 16.5. The number of halogens is 1. The number of thioether (sulfide) groups is 1. The Morgan fingerprint density at radius 1 is 1.37 bits per heavy atom. The number of anilines is 1. The van der Waals surface area contributed by atoms with Gasteiger partial charge in [0.2, 0.25) is 11.7 Å². The molecule has 1 atom stereocenters. The lowest BCUT2D eigenvalue weighted by Crippen LogP contribution is -2.54. The topological polar surface area (TPSA) is 94.2 Å². The number of nitrogens with one attached hydrogen (secondary N) is 1. The van der Waals surface area contributed by atoms with E-state index in [0.29, 0.717) is 27.4 Å². The summed E-state index contributed by atoms with van der Waals surface area (Å²) >= 11 is 7.05. The van der Waals surface area contributed by atoms with Crippen molar-refractivity contribution in [1.82, 2.24) is 4.90 Å². The first-order chi connectivity index (χ1) is 12.8. The molecule has 27 heavy (non-hydrogen) atoms. The Morgan fingerprint density at radius 2 is 2.11 bits per heavy atom. The summed E-state index contributed by atoms with van der Waals surface area (Å²) in [5.41, 5.74) is 0.586. The minimum absolute atomic E-state index is 0.0526. The number of benzene rings is 1. The molecule has 0 bridgehead atoms. The van der Waals surface area contributed by atoms with E-state index in [4.69, 9.17) is 11.6 Å². The van der Waals surface area contributed by atoms with E-state index in [1.807, 2.05) is 0 Å². The van der Waals surface area contributed by atoms with Gasteiger partial charge in [-0.1, -0.05) is 34.4 Å². The van der Waals surface area contributed by atoms with Gasteiger partial charge in [0, 0.05) is 17.6 Å². The first kappa shape index (κ1) is 19.2. The lowest BCUT2D eigenvalue weighted by atomic mass is 10.1. The monoisotopic (exact) mass is 406 g/mol. The second-order valence-corrected chi connectivity index (χ2v) is 7.42. The predicted octanol–water partition coefficient (Wildman–Crippen LogP) is 2.09. The van der Waals surface area contributed by atoms with Gasteiger partial charge in [0.15, 0.2) is 5.92 Å². The SMILES string of the molecule is CC1=NC2=[N+](C)C(=O)N(C)C(=O)C2C(SCC(=O)Nc2cccc(Cl)c2)=N1. The Bertz CT molecular complexity index is 940. The van der Waals surface area contributed by atoms with Gasteiger partial charge in [0.1, 0.15) is 5.04 Å². The van der Waals surface area contributed by atoms with E-state index in [1.54, 1.807) is 38.2 Å². The second kappa shape index (κ2) is 7.61. The third kappa shape index (κ3) is 3.93. The number of carbonyl (C=O) groups is 3. The first-order valence-corrected chi connectivity index (χ1v) is 9.38. The number of amidine groups is 2. The molecule has 0 fully saturated rings. The summed E-state index contributed by atoms with van der Waals surface area (Å²) < 4.78 is 1.33. The third-order valence-electron chi connectivity index (χ3n) is 4.01. The Kier molecular flexibility index (Phi) is 5.43. The number of rotatable bonds is 3. The van der Waals surface area contributed by atoms with E-state index in [2.05, 4.69) is 15.3 Å². The standard InChI is InChI=1S/C17H16ClN5O3S/c1-9-19-14-13(16(25)23(3)17(26)22(14)2)15(20-9)27-8-12(24)21-11-6-4-5-10(18)7-11/h4-7,13H,8H2,1-3H3/p+1. The van der Waals surface area contributed by atoms with Gasteiger partial charge < -0.3 is 5.32 Å². The zero-order chi connectivity index (χ0) is 19.7. The number of aliphatic imine (C=N–C) groups is 2. The van der Waals surface area contributed by atoms with Crippen LogP contribution in [0.1, 0.15) is 6.92 Å². The fourth-order valence-electron chi connectivity index (χ4n) is 2.70. The number of amides is 4. The van der Waals surface area contributed by atoms with Crippen LogP contribution in [0.25, 0.3) is 0 Å². The molecule has 1 unspecified atom stereocenters. The number of carbonyl (C=O) groups excluding carboxylic acids is 3. The highest BCUT2D eigenvalue weighted by Gasteiger charge is 2.48. The molecule has 0 saturated carbocycles. The molecule has 1 N–H and O–H groups in total. The normalized spacial score (nSPS) is 19.6. The van der Waals surface area contributed by atoms with Crippen molar-refractivity contribution in [2.24, 2.45) is 15.9 Å². The fourth-order valence-corrected chi connectivity index (χ4v) is 3.81. The van der Waals surface area contributed by atoms with Crippen LogP contribution in [0, 0.1) is 5.92 Å². The van der Waals surface area contributed by atoms with E-state index < -0.39 is 17.9 Å². The van der Waals surface area contributed by atoms with Crippen LogP contribution in [0.2, 0.25) is 5.02 Å². The number of hydrogen-bond acceptors (Lipinski definition) is 6. The van der Waals surface area contributed by atoms with Gasteiger partial charge in [-0.25, -0.2) is 9.79 Å².